The summed E-state index contributed by atoms with van der Waals surface area (Å²) in [6.45, 7) is 9.79. The maximum atomic E-state index is 11.0. The van der Waals surface area contributed by atoms with Crippen molar-refractivity contribution in [1.82, 2.24) is 0 Å². The highest BCUT2D eigenvalue weighted by atomic mass is 79.9. The Balaban J connectivity index is 4.88. The third-order valence-corrected chi connectivity index (χ3v) is 3.27. The van der Waals surface area contributed by atoms with Crippen LogP contribution in [0.5, 0.6) is 0 Å². The largest absolute Gasteiger partial charge is 0.481 e. The van der Waals surface area contributed by atoms with E-state index in [9.17, 15) is 4.79 Å². The number of carboxylic acid groups (broad SMARTS) is 1. The van der Waals surface area contributed by atoms with E-state index in [0.717, 1.165) is 5.33 Å². The van der Waals surface area contributed by atoms with Crippen LogP contribution in [0.2, 0.25) is 0 Å². The molecule has 78 valence electrons. The minimum Gasteiger partial charge on any atom is -0.481 e. The average molecular weight is 251 g/mol. The average Bonchev–Trinajstić information content (AvgIpc) is 1.83. The van der Waals surface area contributed by atoms with Crippen molar-refractivity contribution in [2.24, 2.45) is 16.7 Å². The molecule has 2 nitrogen and oxygen atoms in total. The zero-order valence-corrected chi connectivity index (χ0v) is 10.6. The van der Waals surface area contributed by atoms with Crippen molar-refractivity contribution in [3.63, 3.8) is 0 Å². The number of carbonyl (C=O) groups is 1. The van der Waals surface area contributed by atoms with Crippen molar-refractivity contribution in [1.29, 1.82) is 0 Å². The van der Waals surface area contributed by atoms with E-state index in [-0.39, 0.29) is 11.3 Å². The van der Waals surface area contributed by atoms with E-state index in [2.05, 4.69) is 36.7 Å². The van der Waals surface area contributed by atoms with Gasteiger partial charge in [-0.05, 0) is 25.2 Å². The zero-order chi connectivity index (χ0) is 10.9. The molecule has 0 rings (SSSR count). The number of alkyl halides is 1. The lowest BCUT2D eigenvalue weighted by molar-refractivity contribution is -0.152. The SMILES string of the molecule is CC(C)(C)C(CBr)C(C)(C)C(=O)O. The topological polar surface area (TPSA) is 37.3 Å². The Kier molecular flexibility index (Phi) is 3.97. The Morgan fingerprint density at radius 3 is 1.77 bits per heavy atom. The second-order valence-electron chi connectivity index (χ2n) is 5.10. The number of aliphatic carboxylic acids is 1. The first kappa shape index (κ1) is 12.9. The first-order valence-corrected chi connectivity index (χ1v) is 5.55. The number of hydrogen-bond donors (Lipinski definition) is 1. The van der Waals surface area contributed by atoms with Gasteiger partial charge >= 0.3 is 5.97 Å². The van der Waals surface area contributed by atoms with E-state index in [1.807, 2.05) is 0 Å². The molecule has 1 atom stereocenters. The molecule has 0 amide bonds. The van der Waals surface area contributed by atoms with Gasteiger partial charge in [-0.15, -0.1) is 0 Å². The van der Waals surface area contributed by atoms with E-state index >= 15 is 0 Å². The molecule has 0 saturated heterocycles. The molecule has 13 heavy (non-hydrogen) atoms. The van der Waals surface area contributed by atoms with Crippen LogP contribution >= 0.6 is 15.9 Å². The molecule has 0 heterocycles. The Hall–Kier alpha value is -0.0500. The van der Waals surface area contributed by atoms with Gasteiger partial charge in [0.25, 0.3) is 0 Å². The molecule has 1 unspecified atom stereocenters. The molecule has 0 fully saturated rings. The fourth-order valence-corrected chi connectivity index (χ4v) is 3.44. The Labute approximate surface area is 88.8 Å². The molecule has 0 aromatic carbocycles. The van der Waals surface area contributed by atoms with Gasteiger partial charge in [0.2, 0.25) is 0 Å². The molecule has 0 aliphatic heterocycles. The summed E-state index contributed by atoms with van der Waals surface area (Å²) >= 11 is 3.39. The molecule has 0 aliphatic carbocycles. The molecule has 0 spiro atoms. The molecule has 0 aromatic rings. The number of hydrogen-bond acceptors (Lipinski definition) is 1. The second-order valence-corrected chi connectivity index (χ2v) is 5.75. The van der Waals surface area contributed by atoms with Crippen LogP contribution < -0.4 is 0 Å². The highest BCUT2D eigenvalue weighted by molar-refractivity contribution is 9.09. The number of halogens is 1. The van der Waals surface area contributed by atoms with Crippen LogP contribution in [0.25, 0.3) is 0 Å². The molecule has 0 saturated carbocycles. The summed E-state index contributed by atoms with van der Waals surface area (Å²) < 4.78 is 0. The first-order chi connectivity index (χ1) is 5.64. The monoisotopic (exact) mass is 250 g/mol. The maximum absolute atomic E-state index is 11.0. The van der Waals surface area contributed by atoms with Gasteiger partial charge in [-0.2, -0.15) is 0 Å². The summed E-state index contributed by atoms with van der Waals surface area (Å²) in [6, 6.07) is 0. The Morgan fingerprint density at radius 1 is 1.31 bits per heavy atom. The maximum Gasteiger partial charge on any atom is 0.309 e. The van der Waals surface area contributed by atoms with Crippen molar-refractivity contribution >= 4 is 21.9 Å². The lowest BCUT2D eigenvalue weighted by Gasteiger charge is -2.39. The summed E-state index contributed by atoms with van der Waals surface area (Å²) in [6.07, 6.45) is 0. The molecule has 0 aromatic heterocycles. The van der Waals surface area contributed by atoms with Gasteiger partial charge in [0, 0.05) is 5.33 Å². The van der Waals surface area contributed by atoms with Crippen LogP contribution in [0, 0.1) is 16.7 Å². The standard InChI is InChI=1S/C10H19BrO2/c1-9(2,3)7(6-11)10(4,5)8(12)13/h7H,6H2,1-5H3,(H,12,13). The van der Waals surface area contributed by atoms with Crippen molar-refractivity contribution in [2.45, 2.75) is 34.6 Å². The molecule has 0 bridgehead atoms. The van der Waals surface area contributed by atoms with Gasteiger partial charge < -0.3 is 5.11 Å². The predicted octanol–water partition coefficient (Wildman–Crippen LogP) is 3.15. The molecule has 0 aliphatic rings. The van der Waals surface area contributed by atoms with Crippen molar-refractivity contribution in [3.05, 3.63) is 0 Å². The van der Waals surface area contributed by atoms with Crippen molar-refractivity contribution < 1.29 is 9.90 Å². The van der Waals surface area contributed by atoms with Crippen LogP contribution in [0.1, 0.15) is 34.6 Å². The van der Waals surface area contributed by atoms with Gasteiger partial charge in [0.05, 0.1) is 5.41 Å². The summed E-state index contributed by atoms with van der Waals surface area (Å²) in [5.74, 6) is -0.607. The lowest BCUT2D eigenvalue weighted by Crippen LogP contribution is -2.41. The normalized spacial score (nSPS) is 15.5. The van der Waals surface area contributed by atoms with Gasteiger partial charge in [0.1, 0.15) is 0 Å². The number of rotatable bonds is 3. The summed E-state index contributed by atoms with van der Waals surface area (Å²) in [5.41, 5.74) is -0.673. The third kappa shape index (κ3) is 2.97. The highest BCUT2D eigenvalue weighted by Crippen LogP contribution is 2.41. The molecule has 1 N–H and O–H groups in total. The predicted molar refractivity (Wildman–Crippen MR) is 58.2 cm³/mol. The van der Waals surface area contributed by atoms with Crippen LogP contribution in [0.4, 0.5) is 0 Å². The fraction of sp³-hybridized carbons (Fsp3) is 0.900. The molecular formula is C10H19BrO2. The lowest BCUT2D eigenvalue weighted by atomic mass is 9.67. The fourth-order valence-electron chi connectivity index (χ4n) is 1.66. The first-order valence-electron chi connectivity index (χ1n) is 4.43. The van der Waals surface area contributed by atoms with Crippen molar-refractivity contribution in [2.75, 3.05) is 5.33 Å². The van der Waals surface area contributed by atoms with E-state index in [1.165, 1.54) is 0 Å². The smallest absolute Gasteiger partial charge is 0.309 e. The minimum atomic E-state index is -0.730. The number of carboxylic acids is 1. The van der Waals surface area contributed by atoms with E-state index in [4.69, 9.17) is 5.11 Å². The minimum absolute atomic E-state index is 0.00535. The van der Waals surface area contributed by atoms with Crippen LogP contribution in [0.15, 0.2) is 0 Å². The van der Waals surface area contributed by atoms with Gasteiger partial charge in [0.15, 0.2) is 0 Å². The zero-order valence-electron chi connectivity index (χ0n) is 9.02. The van der Waals surface area contributed by atoms with E-state index < -0.39 is 11.4 Å². The summed E-state index contributed by atoms with van der Waals surface area (Å²) in [5, 5.41) is 9.80. The van der Waals surface area contributed by atoms with Crippen LogP contribution in [-0.4, -0.2) is 16.4 Å². The molecule has 0 radical (unpaired) electrons. The van der Waals surface area contributed by atoms with Crippen LogP contribution in [0.3, 0.4) is 0 Å². The van der Waals surface area contributed by atoms with Gasteiger partial charge in [-0.3, -0.25) is 4.79 Å². The third-order valence-electron chi connectivity index (χ3n) is 2.62. The summed E-state index contributed by atoms with van der Waals surface area (Å²) in [4.78, 5) is 11.0. The second kappa shape index (κ2) is 3.99. The Morgan fingerprint density at radius 2 is 1.69 bits per heavy atom. The quantitative estimate of drug-likeness (QED) is 0.782. The van der Waals surface area contributed by atoms with Crippen molar-refractivity contribution in [3.8, 4) is 0 Å². The van der Waals surface area contributed by atoms with E-state index in [1.54, 1.807) is 13.8 Å². The Bertz CT molecular complexity index is 192. The molecular weight excluding hydrogens is 232 g/mol. The molecule has 3 heteroatoms. The van der Waals surface area contributed by atoms with Crippen LogP contribution in [-0.2, 0) is 4.79 Å². The van der Waals surface area contributed by atoms with Gasteiger partial charge in [-0.1, -0.05) is 36.7 Å². The van der Waals surface area contributed by atoms with Gasteiger partial charge in [-0.25, -0.2) is 0 Å². The summed E-state index contributed by atoms with van der Waals surface area (Å²) in [7, 11) is 0. The highest BCUT2D eigenvalue weighted by Gasteiger charge is 2.42. The van der Waals surface area contributed by atoms with E-state index in [0.29, 0.717) is 0 Å².